The van der Waals surface area contributed by atoms with Gasteiger partial charge >= 0.3 is 0 Å². The van der Waals surface area contributed by atoms with Crippen molar-refractivity contribution in [1.82, 2.24) is 0 Å². The number of hydrogen-bond donors (Lipinski definition) is 0. The van der Waals surface area contributed by atoms with Gasteiger partial charge in [-0.2, -0.15) is 0 Å². The lowest BCUT2D eigenvalue weighted by molar-refractivity contribution is 0.241. The normalized spacial score (nSPS) is 10.3. The molecular weight excluding hydrogens is 212 g/mol. The van der Waals surface area contributed by atoms with Crippen LogP contribution in [0.4, 0.5) is 0 Å². The van der Waals surface area contributed by atoms with Gasteiger partial charge in [0.1, 0.15) is 17.2 Å². The van der Waals surface area contributed by atoms with Gasteiger partial charge in [-0.3, -0.25) is 0 Å². The van der Waals surface area contributed by atoms with E-state index < -0.39 is 0 Å². The summed E-state index contributed by atoms with van der Waals surface area (Å²) in [6.07, 6.45) is 0.161. The Morgan fingerprint density at radius 1 is 1.00 bits per heavy atom. The molecule has 0 bridgehead atoms. The van der Waals surface area contributed by atoms with E-state index in [1.807, 2.05) is 62.4 Å². The molecule has 0 atom stereocenters. The lowest BCUT2D eigenvalue weighted by Gasteiger charge is -2.11. The molecule has 0 fully saturated rings. The van der Waals surface area contributed by atoms with Gasteiger partial charge in [0.05, 0.1) is 6.10 Å². The molecule has 2 aromatic rings. The van der Waals surface area contributed by atoms with Crippen LogP contribution < -0.4 is 9.47 Å². The van der Waals surface area contributed by atoms with E-state index >= 15 is 0 Å². The number of para-hydroxylation sites is 1. The zero-order valence-electron chi connectivity index (χ0n) is 10.0. The summed E-state index contributed by atoms with van der Waals surface area (Å²) in [5, 5.41) is 0. The summed E-state index contributed by atoms with van der Waals surface area (Å²) in [7, 11) is 0. The van der Waals surface area contributed by atoms with Crippen molar-refractivity contribution in [1.29, 1.82) is 0 Å². The Kier molecular flexibility index (Phi) is 3.66. The van der Waals surface area contributed by atoms with Crippen LogP contribution in [0.15, 0.2) is 48.5 Å². The Morgan fingerprint density at radius 2 is 1.82 bits per heavy atom. The maximum absolute atomic E-state index is 5.67. The van der Waals surface area contributed by atoms with Crippen molar-refractivity contribution in [2.24, 2.45) is 0 Å². The molecule has 2 rings (SSSR count). The smallest absolute Gasteiger partial charge is 0.135 e. The van der Waals surface area contributed by atoms with Crippen molar-refractivity contribution in [3.63, 3.8) is 0 Å². The Bertz CT molecular complexity index is 463. The van der Waals surface area contributed by atoms with Gasteiger partial charge in [0, 0.05) is 12.1 Å². The van der Waals surface area contributed by atoms with Crippen molar-refractivity contribution in [3.05, 3.63) is 54.6 Å². The largest absolute Gasteiger partial charge is 0.491 e. The molecule has 0 aliphatic carbocycles. The van der Waals surface area contributed by atoms with Gasteiger partial charge in [-0.1, -0.05) is 24.3 Å². The maximum atomic E-state index is 5.67. The van der Waals surface area contributed by atoms with Gasteiger partial charge in [-0.25, -0.2) is 0 Å². The molecule has 0 spiro atoms. The highest BCUT2D eigenvalue weighted by atomic mass is 16.5. The summed E-state index contributed by atoms with van der Waals surface area (Å²) < 4.78 is 11.3. The van der Waals surface area contributed by atoms with Crippen LogP contribution in [-0.4, -0.2) is 6.10 Å². The van der Waals surface area contributed by atoms with E-state index in [0.29, 0.717) is 5.75 Å². The van der Waals surface area contributed by atoms with Crippen molar-refractivity contribution in [3.8, 4) is 17.2 Å². The minimum Gasteiger partial charge on any atom is -0.491 e. The van der Waals surface area contributed by atoms with Crippen LogP contribution >= 0.6 is 0 Å². The maximum Gasteiger partial charge on any atom is 0.135 e. The zero-order valence-corrected chi connectivity index (χ0v) is 10.0. The molecule has 0 unspecified atom stereocenters. The highest BCUT2D eigenvalue weighted by molar-refractivity contribution is 5.36. The second-order valence-electron chi connectivity index (χ2n) is 3.97. The fraction of sp³-hybridized carbons (Fsp3) is 0.200. The van der Waals surface area contributed by atoms with Gasteiger partial charge in [0.25, 0.3) is 0 Å². The molecule has 0 amide bonds. The van der Waals surface area contributed by atoms with Crippen LogP contribution in [0.2, 0.25) is 0 Å². The van der Waals surface area contributed by atoms with E-state index in [0.717, 1.165) is 11.5 Å². The number of rotatable bonds is 4. The van der Waals surface area contributed by atoms with E-state index in [1.54, 1.807) is 0 Å². The molecule has 0 N–H and O–H groups in total. The monoisotopic (exact) mass is 227 g/mol. The zero-order chi connectivity index (χ0) is 12.1. The molecule has 0 aliphatic rings. The average Bonchev–Trinajstić information content (AvgIpc) is 2.30. The molecule has 0 saturated heterocycles. The number of hydrogen-bond acceptors (Lipinski definition) is 2. The molecule has 87 valence electrons. The van der Waals surface area contributed by atoms with Crippen molar-refractivity contribution >= 4 is 0 Å². The highest BCUT2D eigenvalue weighted by Gasteiger charge is 2.01. The Balaban J connectivity index is 2.11. The third-order valence-electron chi connectivity index (χ3n) is 2.09. The summed E-state index contributed by atoms with van der Waals surface area (Å²) in [5.41, 5.74) is 0. The summed E-state index contributed by atoms with van der Waals surface area (Å²) in [5.74, 6) is 2.27. The number of ether oxygens (including phenoxy) is 2. The van der Waals surface area contributed by atoms with Crippen molar-refractivity contribution < 1.29 is 9.47 Å². The molecule has 0 aromatic heterocycles. The molecule has 2 aromatic carbocycles. The molecule has 17 heavy (non-hydrogen) atoms. The topological polar surface area (TPSA) is 18.5 Å². The van der Waals surface area contributed by atoms with E-state index in [2.05, 4.69) is 6.07 Å². The summed E-state index contributed by atoms with van der Waals surface area (Å²) in [6, 6.07) is 18.1. The fourth-order valence-corrected chi connectivity index (χ4v) is 1.45. The van der Waals surface area contributed by atoms with Gasteiger partial charge in [0.15, 0.2) is 0 Å². The minimum absolute atomic E-state index is 0.161. The first-order valence-corrected chi connectivity index (χ1v) is 5.65. The molecular formula is C15H15O2. The molecule has 0 heterocycles. The lowest BCUT2D eigenvalue weighted by Crippen LogP contribution is -2.05. The standard InChI is InChI=1S/C15H15O2/c1-12(2)16-14-9-6-10-15(11-14)17-13-7-4-3-5-8-13/h3-7,9-12H,1-2H3. The number of benzene rings is 2. The average molecular weight is 227 g/mol. The SMILES string of the molecule is CC(C)Oc1cccc(Oc2[c]cccc2)c1. The minimum atomic E-state index is 0.161. The second-order valence-corrected chi connectivity index (χ2v) is 3.97. The first-order valence-electron chi connectivity index (χ1n) is 5.65. The van der Waals surface area contributed by atoms with E-state index in [1.165, 1.54) is 0 Å². The van der Waals surface area contributed by atoms with Gasteiger partial charge in [-0.15, -0.1) is 0 Å². The van der Waals surface area contributed by atoms with E-state index in [-0.39, 0.29) is 6.10 Å². The predicted octanol–water partition coefficient (Wildman–Crippen LogP) is 4.07. The first-order chi connectivity index (χ1) is 8.24. The second kappa shape index (κ2) is 5.39. The van der Waals surface area contributed by atoms with Gasteiger partial charge < -0.3 is 9.47 Å². The lowest BCUT2D eigenvalue weighted by atomic mass is 10.3. The fourth-order valence-electron chi connectivity index (χ4n) is 1.45. The predicted molar refractivity (Wildman–Crippen MR) is 67.6 cm³/mol. The van der Waals surface area contributed by atoms with E-state index in [4.69, 9.17) is 9.47 Å². The van der Waals surface area contributed by atoms with Crippen LogP contribution in [0, 0.1) is 6.07 Å². The van der Waals surface area contributed by atoms with Crippen LogP contribution in [-0.2, 0) is 0 Å². The highest BCUT2D eigenvalue weighted by Crippen LogP contribution is 2.25. The molecule has 0 aliphatic heterocycles. The summed E-state index contributed by atoms with van der Waals surface area (Å²) in [4.78, 5) is 0. The Labute approximate surface area is 102 Å². The van der Waals surface area contributed by atoms with Crippen molar-refractivity contribution in [2.75, 3.05) is 0 Å². The first kappa shape index (κ1) is 11.5. The van der Waals surface area contributed by atoms with Crippen LogP contribution in [0.5, 0.6) is 17.2 Å². The van der Waals surface area contributed by atoms with Gasteiger partial charge in [0.2, 0.25) is 0 Å². The van der Waals surface area contributed by atoms with E-state index in [9.17, 15) is 0 Å². The van der Waals surface area contributed by atoms with Crippen LogP contribution in [0.1, 0.15) is 13.8 Å². The quantitative estimate of drug-likeness (QED) is 0.784. The molecule has 2 heteroatoms. The molecule has 2 nitrogen and oxygen atoms in total. The van der Waals surface area contributed by atoms with Crippen LogP contribution in [0.3, 0.4) is 0 Å². The van der Waals surface area contributed by atoms with Crippen molar-refractivity contribution in [2.45, 2.75) is 20.0 Å². The van der Waals surface area contributed by atoms with Crippen LogP contribution in [0.25, 0.3) is 0 Å². The third-order valence-corrected chi connectivity index (χ3v) is 2.09. The third kappa shape index (κ3) is 3.52. The summed E-state index contributed by atoms with van der Waals surface area (Å²) in [6.45, 7) is 4.00. The van der Waals surface area contributed by atoms with Gasteiger partial charge in [-0.05, 0) is 32.0 Å². The Hall–Kier alpha value is -1.96. The summed E-state index contributed by atoms with van der Waals surface area (Å²) >= 11 is 0. The molecule has 1 radical (unpaired) electrons. The molecule has 0 saturated carbocycles. The Morgan fingerprint density at radius 3 is 2.53 bits per heavy atom.